The highest BCUT2D eigenvalue weighted by molar-refractivity contribution is 6.04. The Bertz CT molecular complexity index is 827. The van der Waals surface area contributed by atoms with Gasteiger partial charge in [0.05, 0.1) is 5.69 Å². The molecule has 8 nitrogen and oxygen atoms in total. The van der Waals surface area contributed by atoms with Crippen molar-refractivity contribution in [1.82, 2.24) is 20.4 Å². The second-order valence-corrected chi connectivity index (χ2v) is 6.96. The van der Waals surface area contributed by atoms with E-state index in [0.29, 0.717) is 17.8 Å². The molecule has 1 aliphatic heterocycles. The number of nitrogens with one attached hydrogen (secondary N) is 3. The number of benzene rings is 1. The Balaban J connectivity index is 1.79. The van der Waals surface area contributed by atoms with Gasteiger partial charge in [-0.05, 0) is 37.6 Å². The molecule has 0 radical (unpaired) electrons. The quantitative estimate of drug-likeness (QED) is 0.747. The Hall–Kier alpha value is -2.87. The predicted molar refractivity (Wildman–Crippen MR) is 105 cm³/mol. The van der Waals surface area contributed by atoms with Crippen molar-refractivity contribution in [3.8, 4) is 0 Å². The van der Waals surface area contributed by atoms with Gasteiger partial charge in [-0.25, -0.2) is 4.68 Å². The van der Waals surface area contributed by atoms with Crippen molar-refractivity contribution in [2.75, 3.05) is 24.3 Å². The standard InChI is InChI=1S/C19H26N6O2/c1-5-14-11-17(26)22-19(20-14)25-16(10-12(2)23-25)21-18(27)13-6-8-15(9-7-13)24(3)4/h6-10,14,19-20H,5,11H2,1-4H3,(H,21,27)(H,22,26). The molecule has 27 heavy (non-hydrogen) atoms. The molecule has 1 aromatic heterocycles. The maximum Gasteiger partial charge on any atom is 0.256 e. The minimum absolute atomic E-state index is 0.0321. The minimum atomic E-state index is -0.490. The summed E-state index contributed by atoms with van der Waals surface area (Å²) in [5.41, 5.74) is 2.33. The molecule has 1 aliphatic rings. The van der Waals surface area contributed by atoms with Gasteiger partial charge >= 0.3 is 0 Å². The van der Waals surface area contributed by atoms with Gasteiger partial charge in [-0.1, -0.05) is 6.92 Å². The van der Waals surface area contributed by atoms with Crippen LogP contribution in [0, 0.1) is 6.92 Å². The zero-order chi connectivity index (χ0) is 19.6. The van der Waals surface area contributed by atoms with Crippen LogP contribution < -0.4 is 20.9 Å². The van der Waals surface area contributed by atoms with Gasteiger partial charge in [0.1, 0.15) is 5.82 Å². The van der Waals surface area contributed by atoms with Gasteiger partial charge < -0.3 is 15.5 Å². The second kappa shape index (κ2) is 7.79. The zero-order valence-corrected chi connectivity index (χ0v) is 16.1. The number of aromatic nitrogens is 2. The molecule has 2 atom stereocenters. The minimum Gasteiger partial charge on any atom is -0.378 e. The Kier molecular flexibility index (Phi) is 5.46. The van der Waals surface area contributed by atoms with Crippen molar-refractivity contribution in [3.63, 3.8) is 0 Å². The van der Waals surface area contributed by atoms with E-state index in [-0.39, 0.29) is 17.9 Å². The molecule has 2 amide bonds. The van der Waals surface area contributed by atoms with Crippen LogP contribution in [-0.4, -0.2) is 41.7 Å². The van der Waals surface area contributed by atoms with Gasteiger partial charge in [-0.15, -0.1) is 0 Å². The number of anilines is 2. The molecule has 3 rings (SSSR count). The maximum absolute atomic E-state index is 12.7. The largest absolute Gasteiger partial charge is 0.378 e. The van der Waals surface area contributed by atoms with Crippen LogP contribution in [0.1, 0.15) is 42.1 Å². The van der Waals surface area contributed by atoms with Crippen molar-refractivity contribution in [2.24, 2.45) is 0 Å². The normalized spacial score (nSPS) is 19.5. The summed E-state index contributed by atoms with van der Waals surface area (Å²) in [7, 11) is 3.90. The van der Waals surface area contributed by atoms with E-state index in [1.807, 2.05) is 45.0 Å². The number of rotatable bonds is 5. The SMILES string of the molecule is CCC1CC(=O)NC(n2nc(C)cc2NC(=O)c2ccc(N(C)C)cc2)N1. The van der Waals surface area contributed by atoms with Crippen LogP contribution in [-0.2, 0) is 4.79 Å². The van der Waals surface area contributed by atoms with E-state index in [0.717, 1.165) is 17.8 Å². The molecule has 8 heteroatoms. The molecule has 1 fully saturated rings. The first-order valence-corrected chi connectivity index (χ1v) is 9.07. The monoisotopic (exact) mass is 370 g/mol. The first kappa shape index (κ1) is 18.9. The fourth-order valence-corrected chi connectivity index (χ4v) is 3.06. The Morgan fingerprint density at radius 1 is 1.33 bits per heavy atom. The second-order valence-electron chi connectivity index (χ2n) is 6.96. The first-order valence-electron chi connectivity index (χ1n) is 9.07. The summed E-state index contributed by atoms with van der Waals surface area (Å²) in [6.45, 7) is 3.88. The van der Waals surface area contributed by atoms with E-state index in [1.54, 1.807) is 22.9 Å². The molecule has 2 unspecified atom stereocenters. The highest BCUT2D eigenvalue weighted by Gasteiger charge is 2.28. The lowest BCUT2D eigenvalue weighted by atomic mass is 10.1. The van der Waals surface area contributed by atoms with Crippen LogP contribution >= 0.6 is 0 Å². The fraction of sp³-hybridized carbons (Fsp3) is 0.421. The van der Waals surface area contributed by atoms with E-state index in [9.17, 15) is 9.59 Å². The number of hydrogen-bond acceptors (Lipinski definition) is 5. The van der Waals surface area contributed by atoms with Crippen LogP contribution in [0.4, 0.5) is 11.5 Å². The summed E-state index contributed by atoms with van der Waals surface area (Å²) in [6, 6.07) is 9.22. The van der Waals surface area contributed by atoms with E-state index in [2.05, 4.69) is 21.0 Å². The smallest absolute Gasteiger partial charge is 0.256 e. The predicted octanol–water partition coefficient (Wildman–Crippen LogP) is 1.85. The lowest BCUT2D eigenvalue weighted by Gasteiger charge is -2.31. The molecule has 1 saturated heterocycles. The molecule has 0 aliphatic carbocycles. The van der Waals surface area contributed by atoms with Gasteiger partial charge in [-0.3, -0.25) is 14.9 Å². The lowest BCUT2D eigenvalue weighted by molar-refractivity contribution is -0.125. The van der Waals surface area contributed by atoms with Crippen LogP contribution in [0.15, 0.2) is 30.3 Å². The topological polar surface area (TPSA) is 91.3 Å². The molecular weight excluding hydrogens is 344 g/mol. The number of amides is 2. The molecule has 0 bridgehead atoms. The van der Waals surface area contributed by atoms with E-state index in [4.69, 9.17) is 0 Å². The van der Waals surface area contributed by atoms with Crippen molar-refractivity contribution in [1.29, 1.82) is 0 Å². The van der Waals surface area contributed by atoms with Gasteiger partial charge in [0, 0.05) is 43.9 Å². The van der Waals surface area contributed by atoms with Crippen LogP contribution in [0.2, 0.25) is 0 Å². The van der Waals surface area contributed by atoms with E-state index in [1.165, 1.54) is 0 Å². The lowest BCUT2D eigenvalue weighted by Crippen LogP contribution is -2.53. The molecule has 0 saturated carbocycles. The molecular formula is C19H26N6O2. The number of nitrogens with zero attached hydrogens (tertiary/aromatic N) is 3. The molecule has 144 valence electrons. The summed E-state index contributed by atoms with van der Waals surface area (Å²) >= 11 is 0. The Labute approximate surface area is 158 Å². The summed E-state index contributed by atoms with van der Waals surface area (Å²) in [6.07, 6.45) is 0.786. The van der Waals surface area contributed by atoms with Crippen molar-refractivity contribution >= 4 is 23.3 Å². The molecule has 2 aromatic rings. The van der Waals surface area contributed by atoms with Crippen LogP contribution in [0.5, 0.6) is 0 Å². The highest BCUT2D eigenvalue weighted by atomic mass is 16.2. The van der Waals surface area contributed by atoms with Crippen LogP contribution in [0.3, 0.4) is 0 Å². The van der Waals surface area contributed by atoms with E-state index >= 15 is 0 Å². The molecule has 3 N–H and O–H groups in total. The Morgan fingerprint density at radius 3 is 2.67 bits per heavy atom. The van der Waals surface area contributed by atoms with Crippen molar-refractivity contribution in [2.45, 2.75) is 39.0 Å². The first-order chi connectivity index (χ1) is 12.9. The van der Waals surface area contributed by atoms with Crippen molar-refractivity contribution < 1.29 is 9.59 Å². The third-order valence-electron chi connectivity index (χ3n) is 4.61. The number of hydrogen-bond donors (Lipinski definition) is 3. The molecule has 2 heterocycles. The summed E-state index contributed by atoms with van der Waals surface area (Å²) in [4.78, 5) is 26.6. The van der Waals surface area contributed by atoms with Crippen molar-refractivity contribution in [3.05, 3.63) is 41.6 Å². The van der Waals surface area contributed by atoms with Gasteiger partial charge in [-0.2, -0.15) is 5.10 Å². The van der Waals surface area contributed by atoms with E-state index < -0.39 is 6.29 Å². The van der Waals surface area contributed by atoms with Gasteiger partial charge in [0.15, 0.2) is 6.29 Å². The highest BCUT2D eigenvalue weighted by Crippen LogP contribution is 2.19. The number of carbonyl (C=O) groups excluding carboxylic acids is 2. The maximum atomic E-state index is 12.7. The zero-order valence-electron chi connectivity index (χ0n) is 16.1. The summed E-state index contributed by atoms with van der Waals surface area (Å²) in [5, 5.41) is 13.6. The van der Waals surface area contributed by atoms with Gasteiger partial charge in [0.25, 0.3) is 5.91 Å². The molecule has 0 spiro atoms. The third kappa shape index (κ3) is 4.28. The summed E-state index contributed by atoms with van der Waals surface area (Å²) < 4.78 is 1.61. The average molecular weight is 370 g/mol. The number of aryl methyl sites for hydroxylation is 1. The average Bonchev–Trinajstić information content (AvgIpc) is 3.01. The third-order valence-corrected chi connectivity index (χ3v) is 4.61. The summed E-state index contributed by atoms with van der Waals surface area (Å²) in [5.74, 6) is 0.273. The Morgan fingerprint density at radius 2 is 2.04 bits per heavy atom. The van der Waals surface area contributed by atoms with Crippen LogP contribution in [0.25, 0.3) is 0 Å². The fourth-order valence-electron chi connectivity index (χ4n) is 3.06. The molecule has 1 aromatic carbocycles. The van der Waals surface area contributed by atoms with Gasteiger partial charge in [0.2, 0.25) is 5.91 Å². The number of carbonyl (C=O) groups is 2.